The third-order valence-electron chi connectivity index (χ3n) is 3.33. The Balaban J connectivity index is 2.14. The molecule has 1 amide bonds. The van der Waals surface area contributed by atoms with Crippen LogP contribution in [0.2, 0.25) is 4.34 Å². The number of nitrogens with one attached hydrogen (secondary N) is 1. The van der Waals surface area contributed by atoms with Crippen molar-refractivity contribution in [3.8, 4) is 0 Å². The Morgan fingerprint density at radius 2 is 2.06 bits per heavy atom. The highest BCUT2D eigenvalue weighted by atomic mass is 35.5. The number of rotatable bonds is 3. The molecule has 0 spiro atoms. The highest BCUT2D eigenvalue weighted by Crippen LogP contribution is 2.30. The Hall–Kier alpha value is -0.650. The van der Waals surface area contributed by atoms with Crippen molar-refractivity contribution in [3.63, 3.8) is 0 Å². The number of carbonyl (C=O) groups excluding carboxylic acids is 1. The third kappa shape index (κ3) is 2.84. The molecule has 0 unspecified atom stereocenters. The van der Waals surface area contributed by atoms with Gasteiger partial charge in [-0.15, -0.1) is 11.3 Å². The fourth-order valence-electron chi connectivity index (χ4n) is 2.30. The molecular formula is C12H15ClN2OS2. The Morgan fingerprint density at radius 1 is 1.39 bits per heavy atom. The predicted octanol–water partition coefficient (Wildman–Crippen LogP) is 3.12. The molecule has 0 aromatic carbocycles. The topological polar surface area (TPSA) is 55.1 Å². The molecule has 1 aromatic heterocycles. The number of carbonyl (C=O) groups is 1. The van der Waals surface area contributed by atoms with Crippen molar-refractivity contribution in [1.29, 1.82) is 0 Å². The Bertz CT molecular complexity index is 466. The zero-order chi connectivity index (χ0) is 13.2. The fraction of sp³-hybridized carbons (Fsp3) is 0.500. The molecule has 1 aliphatic carbocycles. The smallest absolute Gasteiger partial charge is 0.262 e. The van der Waals surface area contributed by atoms with E-state index in [1.54, 1.807) is 12.1 Å². The van der Waals surface area contributed by atoms with Crippen molar-refractivity contribution >= 4 is 46.1 Å². The van der Waals surface area contributed by atoms with Crippen LogP contribution in [0.3, 0.4) is 0 Å². The first kappa shape index (κ1) is 13.8. The Kier molecular flexibility index (Phi) is 4.25. The maximum Gasteiger partial charge on any atom is 0.262 e. The first-order valence-corrected chi connectivity index (χ1v) is 7.51. The largest absolute Gasteiger partial charge is 0.391 e. The zero-order valence-corrected chi connectivity index (χ0v) is 12.3. The van der Waals surface area contributed by atoms with Gasteiger partial charge in [-0.3, -0.25) is 4.79 Å². The molecule has 3 nitrogen and oxygen atoms in total. The number of hydrogen-bond acceptors (Lipinski definition) is 3. The van der Waals surface area contributed by atoms with Gasteiger partial charge in [-0.1, -0.05) is 43.1 Å². The zero-order valence-electron chi connectivity index (χ0n) is 9.87. The molecule has 1 heterocycles. The summed E-state index contributed by atoms with van der Waals surface area (Å²) in [5, 5.41) is 3.01. The molecule has 1 aromatic rings. The number of thiophene rings is 1. The van der Waals surface area contributed by atoms with Crippen molar-refractivity contribution in [2.75, 3.05) is 0 Å². The van der Waals surface area contributed by atoms with Gasteiger partial charge in [0, 0.05) is 0 Å². The summed E-state index contributed by atoms with van der Waals surface area (Å²) in [5.74, 6) is -0.137. The van der Waals surface area contributed by atoms with Gasteiger partial charge in [0.05, 0.1) is 19.7 Å². The van der Waals surface area contributed by atoms with Crippen LogP contribution in [-0.4, -0.2) is 16.4 Å². The Labute approximate surface area is 121 Å². The van der Waals surface area contributed by atoms with E-state index in [2.05, 4.69) is 5.32 Å². The van der Waals surface area contributed by atoms with Crippen LogP contribution in [0.1, 0.15) is 41.8 Å². The average Bonchev–Trinajstić information content (AvgIpc) is 2.77. The van der Waals surface area contributed by atoms with Crippen LogP contribution in [-0.2, 0) is 0 Å². The van der Waals surface area contributed by atoms with Gasteiger partial charge < -0.3 is 11.1 Å². The Morgan fingerprint density at radius 3 is 2.56 bits per heavy atom. The van der Waals surface area contributed by atoms with Crippen LogP contribution in [0.15, 0.2) is 12.1 Å². The average molecular weight is 303 g/mol. The number of thiocarbonyl (C=S) groups is 1. The first-order chi connectivity index (χ1) is 8.53. The molecular weight excluding hydrogens is 288 g/mol. The minimum atomic E-state index is -0.513. The molecule has 0 radical (unpaired) electrons. The van der Waals surface area contributed by atoms with E-state index in [4.69, 9.17) is 29.6 Å². The van der Waals surface area contributed by atoms with Crippen molar-refractivity contribution < 1.29 is 4.79 Å². The van der Waals surface area contributed by atoms with E-state index in [-0.39, 0.29) is 5.91 Å². The van der Waals surface area contributed by atoms with Crippen LogP contribution in [0, 0.1) is 0 Å². The molecule has 2 rings (SSSR count). The maximum absolute atomic E-state index is 12.2. The number of hydrogen-bond donors (Lipinski definition) is 2. The summed E-state index contributed by atoms with van der Waals surface area (Å²) in [6, 6.07) is 3.44. The van der Waals surface area contributed by atoms with Crippen LogP contribution in [0.4, 0.5) is 0 Å². The van der Waals surface area contributed by atoms with Crippen LogP contribution < -0.4 is 11.1 Å². The maximum atomic E-state index is 12.2. The molecule has 0 atom stereocenters. The predicted molar refractivity (Wildman–Crippen MR) is 79.4 cm³/mol. The van der Waals surface area contributed by atoms with E-state index >= 15 is 0 Å². The van der Waals surface area contributed by atoms with E-state index in [1.807, 2.05) is 0 Å². The molecule has 3 N–H and O–H groups in total. The van der Waals surface area contributed by atoms with Crippen LogP contribution >= 0.6 is 35.2 Å². The van der Waals surface area contributed by atoms with E-state index in [9.17, 15) is 4.79 Å². The summed E-state index contributed by atoms with van der Waals surface area (Å²) in [6.45, 7) is 0. The highest BCUT2D eigenvalue weighted by Gasteiger charge is 2.36. The number of halogens is 1. The molecule has 1 aliphatic rings. The van der Waals surface area contributed by atoms with E-state index in [0.29, 0.717) is 14.2 Å². The third-order valence-corrected chi connectivity index (χ3v) is 4.95. The van der Waals surface area contributed by atoms with E-state index in [0.717, 1.165) is 25.7 Å². The second kappa shape index (κ2) is 5.55. The van der Waals surface area contributed by atoms with Gasteiger partial charge in [-0.2, -0.15) is 0 Å². The summed E-state index contributed by atoms with van der Waals surface area (Å²) in [6.07, 6.45) is 4.91. The normalized spacial score (nSPS) is 18.3. The summed E-state index contributed by atoms with van der Waals surface area (Å²) in [5.41, 5.74) is 5.32. The van der Waals surface area contributed by atoms with Gasteiger partial charge in [0.2, 0.25) is 0 Å². The summed E-state index contributed by atoms with van der Waals surface area (Å²) < 4.78 is 0.605. The molecule has 0 bridgehead atoms. The molecule has 98 valence electrons. The van der Waals surface area contributed by atoms with Gasteiger partial charge in [0.25, 0.3) is 5.91 Å². The van der Waals surface area contributed by atoms with Crippen molar-refractivity contribution in [2.45, 2.75) is 37.6 Å². The monoisotopic (exact) mass is 302 g/mol. The van der Waals surface area contributed by atoms with Crippen LogP contribution in [0.25, 0.3) is 0 Å². The standard InChI is InChI=1S/C12H15ClN2OS2/c13-9-5-4-8(18-9)10(16)15-12(11(14)17)6-2-1-3-7-12/h4-5H,1-3,6-7H2,(H2,14,17)(H,15,16). The quantitative estimate of drug-likeness (QED) is 0.844. The summed E-state index contributed by atoms with van der Waals surface area (Å²) in [4.78, 5) is 13.1. The molecule has 18 heavy (non-hydrogen) atoms. The SMILES string of the molecule is NC(=S)C1(NC(=O)c2ccc(Cl)s2)CCCCC1. The second-order valence-electron chi connectivity index (χ2n) is 4.56. The minimum Gasteiger partial charge on any atom is -0.391 e. The lowest BCUT2D eigenvalue weighted by Crippen LogP contribution is -2.57. The van der Waals surface area contributed by atoms with Gasteiger partial charge in [0.15, 0.2) is 0 Å². The number of nitrogens with two attached hydrogens (primary N) is 1. The van der Waals surface area contributed by atoms with E-state index in [1.165, 1.54) is 17.8 Å². The van der Waals surface area contributed by atoms with Crippen molar-refractivity contribution in [1.82, 2.24) is 5.32 Å². The molecule has 1 saturated carbocycles. The van der Waals surface area contributed by atoms with Gasteiger partial charge >= 0.3 is 0 Å². The molecule has 0 saturated heterocycles. The fourth-order valence-corrected chi connectivity index (χ4v) is 3.50. The van der Waals surface area contributed by atoms with Crippen molar-refractivity contribution in [2.24, 2.45) is 5.73 Å². The van der Waals surface area contributed by atoms with Crippen LogP contribution in [0.5, 0.6) is 0 Å². The molecule has 0 aliphatic heterocycles. The number of amides is 1. The first-order valence-electron chi connectivity index (χ1n) is 5.91. The lowest BCUT2D eigenvalue weighted by molar-refractivity contribution is 0.0912. The summed E-state index contributed by atoms with van der Waals surface area (Å²) >= 11 is 12.2. The van der Waals surface area contributed by atoms with Gasteiger partial charge in [0.1, 0.15) is 0 Å². The lowest BCUT2D eigenvalue weighted by atomic mass is 9.81. The lowest BCUT2D eigenvalue weighted by Gasteiger charge is -2.37. The van der Waals surface area contributed by atoms with Crippen molar-refractivity contribution in [3.05, 3.63) is 21.3 Å². The minimum absolute atomic E-state index is 0.137. The van der Waals surface area contributed by atoms with Gasteiger partial charge in [-0.25, -0.2) is 0 Å². The van der Waals surface area contributed by atoms with E-state index < -0.39 is 5.54 Å². The molecule has 1 fully saturated rings. The van der Waals surface area contributed by atoms with Gasteiger partial charge in [-0.05, 0) is 25.0 Å². The molecule has 6 heteroatoms. The highest BCUT2D eigenvalue weighted by molar-refractivity contribution is 7.80. The summed E-state index contributed by atoms with van der Waals surface area (Å²) in [7, 11) is 0. The second-order valence-corrected chi connectivity index (χ2v) is 6.72.